The molecule has 1 saturated heterocycles. The number of ether oxygens (including phenoxy) is 1. The topological polar surface area (TPSA) is 49.8 Å². The van der Waals surface area contributed by atoms with Gasteiger partial charge in [-0.15, -0.1) is 0 Å². The lowest BCUT2D eigenvalue weighted by molar-refractivity contribution is -0.145. The predicted molar refractivity (Wildman–Crippen MR) is 63.9 cm³/mol. The maximum Gasteiger partial charge on any atom is 0.321 e. The van der Waals surface area contributed by atoms with Gasteiger partial charge in [-0.1, -0.05) is 6.07 Å². The Labute approximate surface area is 109 Å². The van der Waals surface area contributed by atoms with Crippen molar-refractivity contribution in [3.8, 4) is 0 Å². The van der Waals surface area contributed by atoms with Crippen LogP contribution in [0.1, 0.15) is 5.56 Å². The van der Waals surface area contributed by atoms with Crippen LogP contribution in [0.2, 0.25) is 0 Å². The van der Waals surface area contributed by atoms with Crippen LogP contribution < -0.4 is 0 Å². The van der Waals surface area contributed by atoms with Crippen LogP contribution >= 0.6 is 0 Å². The molecule has 6 heteroatoms. The summed E-state index contributed by atoms with van der Waals surface area (Å²) in [5, 5.41) is 9.25. The quantitative estimate of drug-likeness (QED) is 0.896. The first-order valence-corrected chi connectivity index (χ1v) is 6.06. The zero-order valence-corrected chi connectivity index (χ0v) is 10.3. The fraction of sp³-hybridized carbons (Fsp3) is 0.462. The number of benzene rings is 1. The van der Waals surface area contributed by atoms with Gasteiger partial charge in [-0.2, -0.15) is 0 Å². The third kappa shape index (κ3) is 3.48. The monoisotopic (exact) mass is 271 g/mol. The van der Waals surface area contributed by atoms with Crippen molar-refractivity contribution in [3.63, 3.8) is 0 Å². The minimum Gasteiger partial charge on any atom is -0.480 e. The minimum absolute atomic E-state index is 0.0153. The molecule has 0 aromatic heterocycles. The molecule has 1 aliphatic rings. The summed E-state index contributed by atoms with van der Waals surface area (Å²) >= 11 is 0. The van der Waals surface area contributed by atoms with Crippen molar-refractivity contribution in [1.29, 1.82) is 0 Å². The minimum atomic E-state index is -1.01. The molecule has 1 fully saturated rings. The van der Waals surface area contributed by atoms with Crippen molar-refractivity contribution < 1.29 is 23.4 Å². The van der Waals surface area contributed by atoms with E-state index >= 15 is 0 Å². The Morgan fingerprint density at radius 3 is 2.63 bits per heavy atom. The number of rotatable bonds is 4. The molecular formula is C13H15F2NO3. The summed E-state index contributed by atoms with van der Waals surface area (Å²) in [6, 6.07) is 2.38. The number of aliphatic carboxylic acids is 1. The molecule has 1 aromatic rings. The Kier molecular flexibility index (Phi) is 4.44. The second-order valence-electron chi connectivity index (χ2n) is 4.44. The molecule has 0 saturated carbocycles. The van der Waals surface area contributed by atoms with Crippen LogP contribution in [-0.2, 0) is 16.0 Å². The molecule has 1 heterocycles. The molecule has 0 spiro atoms. The predicted octanol–water partition coefficient (Wildman–Crippen LogP) is 1.29. The molecule has 0 amide bonds. The summed E-state index contributed by atoms with van der Waals surface area (Å²) in [5.41, 5.74) is 0.209. The first-order valence-electron chi connectivity index (χ1n) is 6.06. The number of hydrogen-bond acceptors (Lipinski definition) is 3. The first kappa shape index (κ1) is 13.9. The van der Waals surface area contributed by atoms with Crippen molar-refractivity contribution >= 4 is 5.97 Å². The van der Waals surface area contributed by atoms with E-state index in [1.807, 2.05) is 0 Å². The zero-order chi connectivity index (χ0) is 13.8. The Bertz CT molecular complexity index is 461. The SMILES string of the molecule is O=C(O)C(Cc1ccc(F)cc1F)N1CCOCC1. The van der Waals surface area contributed by atoms with Gasteiger partial charge in [-0.25, -0.2) is 8.78 Å². The van der Waals surface area contributed by atoms with Crippen molar-refractivity contribution in [2.75, 3.05) is 26.3 Å². The van der Waals surface area contributed by atoms with Crippen molar-refractivity contribution in [2.45, 2.75) is 12.5 Å². The molecule has 1 aromatic carbocycles. The molecule has 2 rings (SSSR count). The van der Waals surface area contributed by atoms with E-state index in [9.17, 15) is 18.7 Å². The molecule has 1 aliphatic heterocycles. The van der Waals surface area contributed by atoms with Crippen molar-refractivity contribution in [3.05, 3.63) is 35.4 Å². The maximum absolute atomic E-state index is 13.6. The average molecular weight is 271 g/mol. The lowest BCUT2D eigenvalue weighted by Crippen LogP contribution is -2.48. The third-order valence-corrected chi connectivity index (χ3v) is 3.20. The summed E-state index contributed by atoms with van der Waals surface area (Å²) in [6.45, 7) is 1.94. The molecule has 0 aliphatic carbocycles. The average Bonchev–Trinajstić information content (AvgIpc) is 2.38. The highest BCUT2D eigenvalue weighted by atomic mass is 19.1. The summed E-state index contributed by atoms with van der Waals surface area (Å²) in [7, 11) is 0. The molecule has 19 heavy (non-hydrogen) atoms. The fourth-order valence-corrected chi connectivity index (χ4v) is 2.16. The van der Waals surface area contributed by atoms with E-state index in [0.717, 1.165) is 12.1 Å². The highest BCUT2D eigenvalue weighted by Crippen LogP contribution is 2.15. The van der Waals surface area contributed by atoms with Crippen LogP contribution in [0, 0.1) is 11.6 Å². The molecule has 4 nitrogen and oxygen atoms in total. The number of morpholine rings is 1. The number of halogens is 2. The van der Waals surface area contributed by atoms with E-state index in [-0.39, 0.29) is 12.0 Å². The lowest BCUT2D eigenvalue weighted by Gasteiger charge is -2.32. The van der Waals surface area contributed by atoms with Gasteiger partial charge in [-0.3, -0.25) is 9.69 Å². The van der Waals surface area contributed by atoms with Gasteiger partial charge >= 0.3 is 5.97 Å². The van der Waals surface area contributed by atoms with Gasteiger partial charge in [0.15, 0.2) is 0 Å². The third-order valence-electron chi connectivity index (χ3n) is 3.20. The van der Waals surface area contributed by atoms with E-state index in [0.29, 0.717) is 26.3 Å². The lowest BCUT2D eigenvalue weighted by atomic mass is 10.0. The zero-order valence-electron chi connectivity index (χ0n) is 10.3. The smallest absolute Gasteiger partial charge is 0.321 e. The maximum atomic E-state index is 13.6. The fourth-order valence-electron chi connectivity index (χ4n) is 2.16. The molecular weight excluding hydrogens is 256 g/mol. The van der Waals surface area contributed by atoms with Crippen LogP contribution in [0.3, 0.4) is 0 Å². The number of hydrogen-bond donors (Lipinski definition) is 1. The normalized spacial score (nSPS) is 18.2. The van der Waals surface area contributed by atoms with E-state index in [1.54, 1.807) is 4.90 Å². The van der Waals surface area contributed by atoms with Gasteiger partial charge in [0.25, 0.3) is 0 Å². The number of carboxylic acid groups (broad SMARTS) is 1. The van der Waals surface area contributed by atoms with Crippen LogP contribution in [0.5, 0.6) is 0 Å². The van der Waals surface area contributed by atoms with Crippen LogP contribution in [0.15, 0.2) is 18.2 Å². The van der Waals surface area contributed by atoms with E-state index in [2.05, 4.69) is 0 Å². The molecule has 1 unspecified atom stereocenters. The van der Waals surface area contributed by atoms with Gasteiger partial charge in [-0.05, 0) is 11.6 Å². The highest BCUT2D eigenvalue weighted by Gasteiger charge is 2.28. The van der Waals surface area contributed by atoms with E-state index < -0.39 is 23.6 Å². The first-order chi connectivity index (χ1) is 9.08. The number of nitrogens with zero attached hydrogens (tertiary/aromatic N) is 1. The number of carboxylic acids is 1. The molecule has 1 N–H and O–H groups in total. The number of carbonyl (C=O) groups is 1. The second-order valence-corrected chi connectivity index (χ2v) is 4.44. The van der Waals surface area contributed by atoms with Crippen molar-refractivity contribution in [1.82, 2.24) is 4.90 Å². The van der Waals surface area contributed by atoms with Crippen molar-refractivity contribution in [2.24, 2.45) is 0 Å². The van der Waals surface area contributed by atoms with Gasteiger partial charge in [0.05, 0.1) is 13.2 Å². The molecule has 0 bridgehead atoms. The highest BCUT2D eigenvalue weighted by molar-refractivity contribution is 5.74. The summed E-state index contributed by atoms with van der Waals surface area (Å²) in [5.74, 6) is -2.38. The van der Waals surface area contributed by atoms with E-state index in [1.165, 1.54) is 6.07 Å². The van der Waals surface area contributed by atoms with Gasteiger partial charge in [0.2, 0.25) is 0 Å². The Hall–Kier alpha value is -1.53. The molecule has 1 atom stereocenters. The van der Waals surface area contributed by atoms with E-state index in [4.69, 9.17) is 4.74 Å². The summed E-state index contributed by atoms with van der Waals surface area (Å²) < 4.78 is 31.5. The second kappa shape index (κ2) is 6.08. The van der Waals surface area contributed by atoms with Crippen LogP contribution in [0.25, 0.3) is 0 Å². The Morgan fingerprint density at radius 2 is 2.05 bits per heavy atom. The largest absolute Gasteiger partial charge is 0.480 e. The standard InChI is InChI=1S/C13H15F2NO3/c14-10-2-1-9(11(15)8-10)7-12(13(17)18)16-3-5-19-6-4-16/h1-2,8,12H,3-7H2,(H,17,18). The summed E-state index contributed by atoms with van der Waals surface area (Å²) in [4.78, 5) is 13.0. The van der Waals surface area contributed by atoms with Crippen LogP contribution in [-0.4, -0.2) is 48.3 Å². The van der Waals surface area contributed by atoms with Gasteiger partial charge in [0, 0.05) is 25.6 Å². The molecule has 104 valence electrons. The Morgan fingerprint density at radius 1 is 1.37 bits per heavy atom. The van der Waals surface area contributed by atoms with Crippen LogP contribution in [0.4, 0.5) is 8.78 Å². The van der Waals surface area contributed by atoms with Gasteiger partial charge in [0.1, 0.15) is 17.7 Å². The van der Waals surface area contributed by atoms with Gasteiger partial charge < -0.3 is 9.84 Å². The summed E-state index contributed by atoms with van der Waals surface area (Å²) in [6.07, 6.45) is 0.0153. The molecule has 0 radical (unpaired) electrons. The Balaban J connectivity index is 2.13.